The molecule has 3 nitrogen and oxygen atoms in total. The van der Waals surface area contributed by atoms with Gasteiger partial charge < -0.3 is 10.3 Å². The average molecular weight is 181 g/mol. The molecular formula is C10H19N3. The summed E-state index contributed by atoms with van der Waals surface area (Å²) in [6.45, 7) is 9.26. The predicted octanol–water partition coefficient (Wildman–Crippen LogP) is 1.74. The molecule has 1 rings (SSSR count). The third kappa shape index (κ3) is 2.10. The minimum absolute atomic E-state index is 0.181. The van der Waals surface area contributed by atoms with E-state index in [0.29, 0.717) is 12.6 Å². The Kier molecular flexibility index (Phi) is 2.76. The topological polar surface area (TPSA) is 43.8 Å². The second kappa shape index (κ2) is 3.50. The number of nitrogens with zero attached hydrogens (tertiary/aromatic N) is 2. The van der Waals surface area contributed by atoms with Crippen LogP contribution in [-0.2, 0) is 0 Å². The summed E-state index contributed by atoms with van der Waals surface area (Å²) in [7, 11) is 0. The molecule has 74 valence electrons. The Bertz CT molecular complexity index is 270. The normalized spacial score (nSPS) is 14.5. The van der Waals surface area contributed by atoms with Gasteiger partial charge in [0.05, 0.1) is 6.04 Å². The van der Waals surface area contributed by atoms with Crippen molar-refractivity contribution in [3.8, 4) is 0 Å². The summed E-state index contributed by atoms with van der Waals surface area (Å²) in [6, 6.07) is 0.329. The van der Waals surface area contributed by atoms with Crippen LogP contribution >= 0.6 is 0 Å². The molecule has 1 atom stereocenters. The molecule has 0 aliphatic carbocycles. The van der Waals surface area contributed by atoms with E-state index in [0.717, 1.165) is 5.82 Å². The Hall–Kier alpha value is -0.830. The highest BCUT2D eigenvalue weighted by atomic mass is 15.1. The lowest BCUT2D eigenvalue weighted by Crippen LogP contribution is -2.31. The molecule has 1 heterocycles. The van der Waals surface area contributed by atoms with E-state index in [9.17, 15) is 0 Å². The molecule has 1 unspecified atom stereocenters. The van der Waals surface area contributed by atoms with E-state index in [2.05, 4.69) is 30.3 Å². The van der Waals surface area contributed by atoms with E-state index in [-0.39, 0.29) is 5.41 Å². The summed E-state index contributed by atoms with van der Waals surface area (Å²) < 4.78 is 2.15. The summed E-state index contributed by atoms with van der Waals surface area (Å²) in [5.74, 6) is 1.03. The molecule has 2 N–H and O–H groups in total. The van der Waals surface area contributed by atoms with Crippen molar-refractivity contribution in [1.82, 2.24) is 9.55 Å². The number of hydrogen-bond donors (Lipinski definition) is 1. The Balaban J connectivity index is 2.98. The Morgan fingerprint density at radius 3 is 2.46 bits per heavy atom. The third-order valence-corrected chi connectivity index (χ3v) is 2.42. The largest absolute Gasteiger partial charge is 0.330 e. The van der Waals surface area contributed by atoms with Gasteiger partial charge in [-0.3, -0.25) is 0 Å². The second-order valence-corrected chi connectivity index (χ2v) is 4.50. The minimum Gasteiger partial charge on any atom is -0.330 e. The van der Waals surface area contributed by atoms with Crippen LogP contribution in [0.1, 0.15) is 32.6 Å². The van der Waals surface area contributed by atoms with Crippen molar-refractivity contribution >= 4 is 0 Å². The SMILES string of the molecule is Cc1nccn1C(CN)C(C)(C)C. The van der Waals surface area contributed by atoms with Gasteiger partial charge in [-0.2, -0.15) is 0 Å². The van der Waals surface area contributed by atoms with Gasteiger partial charge in [0.25, 0.3) is 0 Å². The van der Waals surface area contributed by atoms with E-state index in [1.54, 1.807) is 0 Å². The molecule has 1 aromatic heterocycles. The first-order valence-corrected chi connectivity index (χ1v) is 4.66. The zero-order chi connectivity index (χ0) is 10.1. The first-order valence-electron chi connectivity index (χ1n) is 4.66. The molecule has 0 radical (unpaired) electrons. The Morgan fingerprint density at radius 1 is 1.54 bits per heavy atom. The van der Waals surface area contributed by atoms with Crippen molar-refractivity contribution in [3.63, 3.8) is 0 Å². The number of imidazole rings is 1. The lowest BCUT2D eigenvalue weighted by molar-refractivity contribution is 0.245. The lowest BCUT2D eigenvalue weighted by atomic mass is 9.86. The van der Waals surface area contributed by atoms with Crippen LogP contribution in [0.4, 0.5) is 0 Å². The molecule has 0 spiro atoms. The van der Waals surface area contributed by atoms with Crippen molar-refractivity contribution in [2.24, 2.45) is 11.1 Å². The van der Waals surface area contributed by atoms with Gasteiger partial charge >= 0.3 is 0 Å². The van der Waals surface area contributed by atoms with Gasteiger partial charge in [0.1, 0.15) is 5.82 Å². The molecule has 13 heavy (non-hydrogen) atoms. The van der Waals surface area contributed by atoms with Crippen molar-refractivity contribution in [1.29, 1.82) is 0 Å². The molecule has 0 aromatic carbocycles. The number of nitrogens with two attached hydrogens (primary N) is 1. The number of rotatable bonds is 2. The first kappa shape index (κ1) is 10.3. The van der Waals surface area contributed by atoms with Gasteiger partial charge in [0.15, 0.2) is 0 Å². The van der Waals surface area contributed by atoms with Crippen LogP contribution < -0.4 is 5.73 Å². The summed E-state index contributed by atoms with van der Waals surface area (Å²) in [5, 5.41) is 0. The van der Waals surface area contributed by atoms with Gasteiger partial charge in [-0.05, 0) is 12.3 Å². The highest BCUT2D eigenvalue weighted by Gasteiger charge is 2.25. The monoisotopic (exact) mass is 181 g/mol. The fourth-order valence-corrected chi connectivity index (χ4v) is 1.60. The van der Waals surface area contributed by atoms with Crippen LogP contribution in [0.25, 0.3) is 0 Å². The average Bonchev–Trinajstić information content (AvgIpc) is 2.35. The van der Waals surface area contributed by atoms with Crippen LogP contribution in [-0.4, -0.2) is 16.1 Å². The molecule has 0 saturated carbocycles. The van der Waals surface area contributed by atoms with Gasteiger partial charge in [-0.1, -0.05) is 20.8 Å². The molecule has 0 bridgehead atoms. The molecular weight excluding hydrogens is 162 g/mol. The molecule has 0 aliphatic heterocycles. The van der Waals surface area contributed by atoms with Gasteiger partial charge in [0, 0.05) is 18.9 Å². The standard InChI is InChI=1S/C10H19N3/c1-8-12-5-6-13(8)9(7-11)10(2,3)4/h5-6,9H,7,11H2,1-4H3. The number of aromatic nitrogens is 2. The maximum Gasteiger partial charge on any atom is 0.105 e. The summed E-state index contributed by atoms with van der Waals surface area (Å²) in [5.41, 5.74) is 5.95. The van der Waals surface area contributed by atoms with Crippen LogP contribution in [0, 0.1) is 12.3 Å². The van der Waals surface area contributed by atoms with Crippen LogP contribution in [0.15, 0.2) is 12.4 Å². The van der Waals surface area contributed by atoms with Crippen molar-refractivity contribution < 1.29 is 0 Å². The molecule has 0 saturated heterocycles. The summed E-state index contributed by atoms with van der Waals surface area (Å²) in [6.07, 6.45) is 3.82. The molecule has 3 heteroatoms. The highest BCUT2D eigenvalue weighted by Crippen LogP contribution is 2.29. The van der Waals surface area contributed by atoms with E-state index < -0.39 is 0 Å². The first-order chi connectivity index (χ1) is 5.96. The van der Waals surface area contributed by atoms with Crippen LogP contribution in [0.3, 0.4) is 0 Å². The van der Waals surface area contributed by atoms with E-state index in [4.69, 9.17) is 5.73 Å². The fraction of sp³-hybridized carbons (Fsp3) is 0.700. The quantitative estimate of drug-likeness (QED) is 0.755. The molecule has 0 amide bonds. The summed E-state index contributed by atoms with van der Waals surface area (Å²) in [4.78, 5) is 4.21. The number of hydrogen-bond acceptors (Lipinski definition) is 2. The van der Waals surface area contributed by atoms with Crippen LogP contribution in [0.5, 0.6) is 0 Å². The maximum absolute atomic E-state index is 5.77. The zero-order valence-corrected chi connectivity index (χ0v) is 8.91. The smallest absolute Gasteiger partial charge is 0.105 e. The zero-order valence-electron chi connectivity index (χ0n) is 8.91. The van der Waals surface area contributed by atoms with Crippen molar-refractivity contribution in [2.75, 3.05) is 6.54 Å². The lowest BCUT2D eigenvalue weighted by Gasteiger charge is -2.31. The molecule has 0 aliphatic rings. The third-order valence-electron chi connectivity index (χ3n) is 2.42. The van der Waals surface area contributed by atoms with Gasteiger partial charge in [0.2, 0.25) is 0 Å². The predicted molar refractivity (Wildman–Crippen MR) is 54.5 cm³/mol. The number of aryl methyl sites for hydroxylation is 1. The maximum atomic E-state index is 5.77. The van der Waals surface area contributed by atoms with Crippen molar-refractivity contribution in [2.45, 2.75) is 33.7 Å². The molecule has 1 aromatic rings. The fourth-order valence-electron chi connectivity index (χ4n) is 1.60. The minimum atomic E-state index is 0.181. The highest BCUT2D eigenvalue weighted by molar-refractivity contribution is 4.95. The van der Waals surface area contributed by atoms with E-state index in [1.165, 1.54) is 0 Å². The van der Waals surface area contributed by atoms with Gasteiger partial charge in [-0.25, -0.2) is 4.98 Å². The van der Waals surface area contributed by atoms with Crippen molar-refractivity contribution in [3.05, 3.63) is 18.2 Å². The Labute approximate surface area is 80.0 Å². The second-order valence-electron chi connectivity index (χ2n) is 4.50. The van der Waals surface area contributed by atoms with Crippen LogP contribution in [0.2, 0.25) is 0 Å². The van der Waals surface area contributed by atoms with E-state index >= 15 is 0 Å². The molecule has 0 fully saturated rings. The van der Waals surface area contributed by atoms with E-state index in [1.807, 2.05) is 19.3 Å². The summed E-state index contributed by atoms with van der Waals surface area (Å²) >= 11 is 0. The Morgan fingerprint density at radius 2 is 2.15 bits per heavy atom. The van der Waals surface area contributed by atoms with Gasteiger partial charge in [-0.15, -0.1) is 0 Å².